The first kappa shape index (κ1) is 21.5. The summed E-state index contributed by atoms with van der Waals surface area (Å²) in [5.41, 5.74) is 0.731. The zero-order valence-corrected chi connectivity index (χ0v) is 18.2. The first-order valence-electron chi connectivity index (χ1n) is 10.6. The molecule has 0 aromatic carbocycles. The molecule has 0 aliphatic heterocycles. The lowest BCUT2D eigenvalue weighted by Gasteiger charge is -2.29. The van der Waals surface area contributed by atoms with Gasteiger partial charge < -0.3 is 20.5 Å². The van der Waals surface area contributed by atoms with Gasteiger partial charge in [0.15, 0.2) is 10.9 Å². The lowest BCUT2D eigenvalue weighted by atomic mass is 9.86. The summed E-state index contributed by atoms with van der Waals surface area (Å²) in [5.74, 6) is 2.57. The van der Waals surface area contributed by atoms with Gasteiger partial charge in [0, 0.05) is 24.2 Å². The third-order valence-corrected chi connectivity index (χ3v) is 5.81. The van der Waals surface area contributed by atoms with E-state index in [9.17, 15) is 0 Å². The number of ether oxygens (including phenoxy) is 1. The zero-order chi connectivity index (χ0) is 21.6. The minimum Gasteiger partial charge on any atom is -0.485 e. The van der Waals surface area contributed by atoms with Crippen molar-refractivity contribution in [2.75, 3.05) is 23.8 Å². The quantitative estimate of drug-likeness (QED) is 0.451. The minimum atomic E-state index is -0.273. The van der Waals surface area contributed by atoms with Gasteiger partial charge in [0.25, 0.3) is 0 Å². The fourth-order valence-corrected chi connectivity index (χ4v) is 4.00. The predicted octanol–water partition coefficient (Wildman–Crippen LogP) is 3.92. The Morgan fingerprint density at radius 1 is 1.13 bits per heavy atom. The van der Waals surface area contributed by atoms with Gasteiger partial charge in [-0.2, -0.15) is 0 Å². The van der Waals surface area contributed by atoms with Gasteiger partial charge in [0.1, 0.15) is 17.4 Å². The van der Waals surface area contributed by atoms with E-state index in [4.69, 9.17) is 21.4 Å². The fourth-order valence-electron chi connectivity index (χ4n) is 3.79. The van der Waals surface area contributed by atoms with Crippen LogP contribution in [0.3, 0.4) is 0 Å². The predicted molar refractivity (Wildman–Crippen MR) is 122 cm³/mol. The van der Waals surface area contributed by atoms with Gasteiger partial charge in [-0.15, -0.1) is 0 Å². The summed E-state index contributed by atoms with van der Waals surface area (Å²) in [5, 5.41) is 17.3. The minimum absolute atomic E-state index is 0.0422. The number of aliphatic hydroxyl groups is 1. The van der Waals surface area contributed by atoms with Gasteiger partial charge >= 0.3 is 0 Å². The number of anilines is 2. The number of nitrogens with one attached hydrogen (secondary N) is 2. The topological polar surface area (TPSA) is 105 Å². The highest BCUT2D eigenvalue weighted by Crippen LogP contribution is 2.28. The molecular weight excluding hydrogens is 416 g/mol. The summed E-state index contributed by atoms with van der Waals surface area (Å²) in [7, 11) is 0. The van der Waals surface area contributed by atoms with Gasteiger partial charge in [-0.1, -0.05) is 11.6 Å². The lowest BCUT2D eigenvalue weighted by molar-refractivity contribution is 0.129. The van der Waals surface area contributed by atoms with Gasteiger partial charge in [-0.05, 0) is 56.7 Å². The summed E-state index contributed by atoms with van der Waals surface area (Å²) >= 11 is 6.18. The molecule has 8 nitrogen and oxygen atoms in total. The van der Waals surface area contributed by atoms with Crippen LogP contribution in [0.25, 0.3) is 10.9 Å². The van der Waals surface area contributed by atoms with Crippen molar-refractivity contribution < 1.29 is 9.84 Å². The van der Waals surface area contributed by atoms with Gasteiger partial charge in [-0.25, -0.2) is 19.9 Å². The molecule has 0 radical (unpaired) electrons. The second-order valence-corrected chi connectivity index (χ2v) is 8.32. The van der Waals surface area contributed by atoms with Crippen LogP contribution in [0.5, 0.6) is 5.75 Å². The molecule has 0 bridgehead atoms. The van der Waals surface area contributed by atoms with Gasteiger partial charge in [0.2, 0.25) is 5.95 Å². The Balaban J connectivity index is 1.23. The van der Waals surface area contributed by atoms with Crippen molar-refractivity contribution in [2.24, 2.45) is 5.92 Å². The van der Waals surface area contributed by atoms with E-state index in [-0.39, 0.29) is 12.7 Å². The van der Waals surface area contributed by atoms with Crippen LogP contribution in [0, 0.1) is 5.92 Å². The summed E-state index contributed by atoms with van der Waals surface area (Å²) in [6, 6.07) is 6.33. The van der Waals surface area contributed by atoms with E-state index < -0.39 is 0 Å². The molecule has 1 saturated carbocycles. The van der Waals surface area contributed by atoms with Gasteiger partial charge in [0.05, 0.1) is 19.0 Å². The zero-order valence-electron chi connectivity index (χ0n) is 17.5. The third-order valence-electron chi connectivity index (χ3n) is 5.53. The lowest BCUT2D eigenvalue weighted by Crippen LogP contribution is -2.29. The van der Waals surface area contributed by atoms with Gasteiger partial charge in [-0.3, -0.25) is 0 Å². The Kier molecular flexibility index (Phi) is 6.99. The van der Waals surface area contributed by atoms with E-state index in [1.165, 1.54) is 0 Å². The molecule has 31 heavy (non-hydrogen) atoms. The van der Waals surface area contributed by atoms with Crippen LogP contribution in [0.2, 0.25) is 5.15 Å². The smallest absolute Gasteiger partial charge is 0.222 e. The van der Waals surface area contributed by atoms with Crippen LogP contribution in [0.1, 0.15) is 32.6 Å². The molecule has 164 valence electrons. The fraction of sp³-hybridized carbons (Fsp3) is 0.455. The molecule has 9 heteroatoms. The largest absolute Gasteiger partial charge is 0.485 e. The third kappa shape index (κ3) is 5.71. The highest BCUT2D eigenvalue weighted by atomic mass is 35.5. The van der Waals surface area contributed by atoms with Crippen molar-refractivity contribution in [3.05, 3.63) is 41.9 Å². The van der Waals surface area contributed by atoms with E-state index in [1.807, 2.05) is 18.2 Å². The molecule has 3 heterocycles. The van der Waals surface area contributed by atoms with Crippen LogP contribution in [0.15, 0.2) is 36.8 Å². The molecule has 0 spiro atoms. The number of rotatable bonds is 8. The Labute approximate surface area is 186 Å². The molecular formula is C22H27ClN6O2. The van der Waals surface area contributed by atoms with E-state index in [1.54, 1.807) is 25.5 Å². The van der Waals surface area contributed by atoms with Crippen LogP contribution in [0.4, 0.5) is 11.8 Å². The maximum atomic E-state index is 9.04. The maximum Gasteiger partial charge on any atom is 0.222 e. The molecule has 1 fully saturated rings. The molecule has 0 saturated heterocycles. The number of fused-ring (bicyclic) bond motifs is 1. The molecule has 1 atom stereocenters. The Morgan fingerprint density at radius 2 is 1.90 bits per heavy atom. The first-order valence-corrected chi connectivity index (χ1v) is 11.0. The molecule has 0 amide bonds. The number of nitrogens with zero attached hydrogens (tertiary/aromatic N) is 4. The van der Waals surface area contributed by atoms with Crippen molar-refractivity contribution in [2.45, 2.75) is 44.8 Å². The van der Waals surface area contributed by atoms with Crippen molar-refractivity contribution in [1.82, 2.24) is 19.9 Å². The van der Waals surface area contributed by atoms with E-state index in [0.717, 1.165) is 48.9 Å². The molecule has 1 aliphatic rings. The Hall–Kier alpha value is -2.71. The van der Waals surface area contributed by atoms with Crippen LogP contribution in [-0.2, 0) is 0 Å². The Morgan fingerprint density at radius 3 is 2.65 bits per heavy atom. The maximum absolute atomic E-state index is 9.04. The number of hydrogen-bond acceptors (Lipinski definition) is 8. The highest BCUT2D eigenvalue weighted by molar-refractivity contribution is 6.33. The molecule has 3 N–H and O–H groups in total. The average molecular weight is 443 g/mol. The average Bonchev–Trinajstić information content (AvgIpc) is 2.80. The summed E-state index contributed by atoms with van der Waals surface area (Å²) in [6.45, 7) is 2.59. The van der Waals surface area contributed by atoms with Crippen molar-refractivity contribution in [3.63, 3.8) is 0 Å². The van der Waals surface area contributed by atoms with E-state index >= 15 is 0 Å². The molecule has 4 rings (SSSR count). The number of hydrogen-bond donors (Lipinski definition) is 3. The van der Waals surface area contributed by atoms with Crippen molar-refractivity contribution >= 4 is 34.3 Å². The van der Waals surface area contributed by atoms with Crippen LogP contribution >= 0.6 is 11.6 Å². The normalized spacial score (nSPS) is 19.7. The summed E-state index contributed by atoms with van der Waals surface area (Å²) in [6.07, 6.45) is 9.08. The molecule has 3 aromatic heterocycles. The molecule has 1 aliphatic carbocycles. The second kappa shape index (κ2) is 10.1. The summed E-state index contributed by atoms with van der Waals surface area (Å²) < 4.78 is 5.48. The number of aliphatic hydroxyl groups excluding tert-OH is 1. The standard InChI is InChI=1S/C22H27ClN6O2/c1-14(13-30)31-18-11-26-22(27-12-18)25-10-15-2-5-17(6-3-15)28-19-7-4-16-8-9-24-21(23)20(16)29-19/h4,7-9,11-12,14-15,17,30H,2-3,5-6,10,13H2,1H3,(H,28,29)(H,25,26,27). The van der Waals surface area contributed by atoms with E-state index in [0.29, 0.717) is 28.8 Å². The second-order valence-electron chi connectivity index (χ2n) is 7.97. The first-order chi connectivity index (χ1) is 15.1. The van der Waals surface area contributed by atoms with E-state index in [2.05, 4.69) is 30.6 Å². The number of pyridine rings is 2. The highest BCUT2D eigenvalue weighted by Gasteiger charge is 2.21. The van der Waals surface area contributed by atoms with Crippen LogP contribution in [-0.4, -0.2) is 50.3 Å². The number of halogens is 1. The van der Waals surface area contributed by atoms with Crippen molar-refractivity contribution in [3.8, 4) is 5.75 Å². The number of aromatic nitrogens is 4. The monoisotopic (exact) mass is 442 g/mol. The molecule has 3 aromatic rings. The SMILES string of the molecule is CC(CO)Oc1cnc(NCC2CCC(Nc3ccc4ccnc(Cl)c4n3)CC2)nc1. The van der Waals surface area contributed by atoms with Crippen LogP contribution < -0.4 is 15.4 Å². The summed E-state index contributed by atoms with van der Waals surface area (Å²) in [4.78, 5) is 17.3. The Bertz CT molecular complexity index is 995. The molecule has 1 unspecified atom stereocenters. The van der Waals surface area contributed by atoms with Crippen molar-refractivity contribution in [1.29, 1.82) is 0 Å².